The lowest BCUT2D eigenvalue weighted by molar-refractivity contribution is -0.111. The summed E-state index contributed by atoms with van der Waals surface area (Å²) < 4.78 is 15.6. The van der Waals surface area contributed by atoms with Gasteiger partial charge in [-0.3, -0.25) is 4.79 Å². The van der Waals surface area contributed by atoms with Crippen LogP contribution in [0.5, 0.6) is 11.5 Å². The zero-order valence-electron chi connectivity index (χ0n) is 16.4. The summed E-state index contributed by atoms with van der Waals surface area (Å²) in [6.07, 6.45) is 4.85. The van der Waals surface area contributed by atoms with Crippen LogP contribution in [0.4, 0.5) is 5.69 Å². The molecule has 1 N–H and O–H groups in total. The molecule has 0 unspecified atom stereocenters. The molecule has 0 aliphatic rings. The normalized spacial score (nSPS) is 10.5. The quantitative estimate of drug-likeness (QED) is 0.397. The maximum Gasteiger partial charge on any atom is 0.338 e. The van der Waals surface area contributed by atoms with Gasteiger partial charge >= 0.3 is 5.97 Å². The van der Waals surface area contributed by atoms with Crippen LogP contribution < -0.4 is 14.8 Å². The highest BCUT2D eigenvalue weighted by Crippen LogP contribution is 2.28. The van der Waals surface area contributed by atoms with Gasteiger partial charge in [-0.1, -0.05) is 25.5 Å². The first kappa shape index (κ1) is 21.0. The summed E-state index contributed by atoms with van der Waals surface area (Å²) in [6, 6.07) is 12.0. The number of carbonyl (C=O) groups excluding carboxylic acids is 2. The van der Waals surface area contributed by atoms with Gasteiger partial charge in [0.1, 0.15) is 0 Å². The first-order valence-electron chi connectivity index (χ1n) is 9.05. The fraction of sp³-hybridized carbons (Fsp3) is 0.273. The summed E-state index contributed by atoms with van der Waals surface area (Å²) in [7, 11) is 3.12. The molecule has 0 saturated heterocycles. The molecule has 6 heteroatoms. The van der Waals surface area contributed by atoms with E-state index >= 15 is 0 Å². The van der Waals surface area contributed by atoms with Crippen molar-refractivity contribution in [2.24, 2.45) is 0 Å². The molecule has 0 aromatic heterocycles. The fourth-order valence-electron chi connectivity index (χ4n) is 2.43. The van der Waals surface area contributed by atoms with Crippen LogP contribution >= 0.6 is 0 Å². The van der Waals surface area contributed by atoms with Crippen LogP contribution in [0.3, 0.4) is 0 Å². The Hall–Kier alpha value is -3.28. The van der Waals surface area contributed by atoms with Crippen LogP contribution in [-0.4, -0.2) is 32.7 Å². The van der Waals surface area contributed by atoms with Gasteiger partial charge in [-0.2, -0.15) is 0 Å². The number of hydrogen-bond acceptors (Lipinski definition) is 5. The number of rotatable bonds is 9. The molecule has 0 saturated carbocycles. The monoisotopic (exact) mass is 383 g/mol. The number of amides is 1. The zero-order valence-corrected chi connectivity index (χ0v) is 16.4. The summed E-state index contributed by atoms with van der Waals surface area (Å²) in [5, 5.41) is 2.74. The first-order chi connectivity index (χ1) is 13.6. The molecule has 2 rings (SSSR count). The molecule has 28 heavy (non-hydrogen) atoms. The Balaban J connectivity index is 2.00. The van der Waals surface area contributed by atoms with Crippen molar-refractivity contribution in [2.75, 3.05) is 26.1 Å². The Kier molecular flexibility index (Phi) is 8.09. The first-order valence-corrected chi connectivity index (χ1v) is 9.05. The van der Waals surface area contributed by atoms with E-state index in [1.807, 2.05) is 13.0 Å². The fourth-order valence-corrected chi connectivity index (χ4v) is 2.43. The van der Waals surface area contributed by atoms with Crippen LogP contribution in [0, 0.1) is 0 Å². The number of carbonyl (C=O) groups is 2. The highest BCUT2D eigenvalue weighted by atomic mass is 16.5. The predicted molar refractivity (Wildman–Crippen MR) is 109 cm³/mol. The molecule has 0 aliphatic heterocycles. The van der Waals surface area contributed by atoms with E-state index in [9.17, 15) is 9.59 Å². The molecule has 0 fully saturated rings. The van der Waals surface area contributed by atoms with Crippen molar-refractivity contribution in [3.8, 4) is 11.5 Å². The summed E-state index contributed by atoms with van der Waals surface area (Å²) in [5.74, 6) is 0.489. The van der Waals surface area contributed by atoms with Gasteiger partial charge < -0.3 is 19.5 Å². The molecular weight excluding hydrogens is 358 g/mol. The van der Waals surface area contributed by atoms with Gasteiger partial charge in [0.05, 0.1) is 26.4 Å². The second kappa shape index (κ2) is 10.8. The summed E-state index contributed by atoms with van der Waals surface area (Å²) in [4.78, 5) is 24.2. The smallest absolute Gasteiger partial charge is 0.338 e. The number of ether oxygens (including phenoxy) is 3. The number of hydrogen-bond donors (Lipinski definition) is 1. The summed E-state index contributed by atoms with van der Waals surface area (Å²) >= 11 is 0. The van der Waals surface area contributed by atoms with Gasteiger partial charge in [-0.15, -0.1) is 0 Å². The van der Waals surface area contributed by atoms with E-state index in [-0.39, 0.29) is 5.91 Å². The Morgan fingerprint density at radius 1 is 1.04 bits per heavy atom. The van der Waals surface area contributed by atoms with E-state index in [4.69, 9.17) is 14.2 Å². The van der Waals surface area contributed by atoms with Crippen LogP contribution in [-0.2, 0) is 9.53 Å². The van der Waals surface area contributed by atoms with Crippen LogP contribution in [0.2, 0.25) is 0 Å². The van der Waals surface area contributed by atoms with Gasteiger partial charge in [0.2, 0.25) is 5.91 Å². The average Bonchev–Trinajstić information content (AvgIpc) is 2.72. The van der Waals surface area contributed by atoms with Gasteiger partial charge in [0.15, 0.2) is 11.5 Å². The van der Waals surface area contributed by atoms with Crippen LogP contribution in [0.25, 0.3) is 6.08 Å². The molecule has 0 heterocycles. The number of esters is 1. The van der Waals surface area contributed by atoms with E-state index < -0.39 is 5.97 Å². The summed E-state index contributed by atoms with van der Waals surface area (Å²) in [5.41, 5.74) is 1.71. The molecule has 1 amide bonds. The Bertz CT molecular complexity index is 845. The molecule has 0 spiro atoms. The van der Waals surface area contributed by atoms with Gasteiger partial charge in [-0.25, -0.2) is 4.79 Å². The minimum atomic E-state index is -0.398. The van der Waals surface area contributed by atoms with Crippen molar-refractivity contribution in [1.29, 1.82) is 0 Å². The molecule has 0 radical (unpaired) electrons. The Labute approximate surface area is 165 Å². The standard InChI is InChI=1S/C22H25NO5/c1-4-5-13-28-22(25)17-7-6-8-18(15-17)23-21(24)12-10-16-9-11-19(26-2)20(14-16)27-3/h6-12,14-15H,4-5,13H2,1-3H3,(H,23,24)/b12-10+. The third kappa shape index (κ3) is 6.16. The number of methoxy groups -OCH3 is 2. The Morgan fingerprint density at radius 2 is 1.82 bits per heavy atom. The second-order valence-electron chi connectivity index (χ2n) is 6.01. The minimum absolute atomic E-state index is 0.314. The third-order valence-electron chi connectivity index (χ3n) is 3.93. The van der Waals surface area contributed by atoms with Gasteiger partial charge in [-0.05, 0) is 48.4 Å². The maximum absolute atomic E-state index is 12.2. The van der Waals surface area contributed by atoms with Crippen molar-refractivity contribution in [2.45, 2.75) is 19.8 Å². The predicted octanol–water partition coefficient (Wildman–Crippen LogP) is 4.31. The van der Waals surface area contributed by atoms with Gasteiger partial charge in [0, 0.05) is 11.8 Å². The molecule has 2 aromatic carbocycles. The molecule has 148 valence electrons. The van der Waals surface area contributed by atoms with Crippen molar-refractivity contribution in [3.05, 3.63) is 59.7 Å². The molecular formula is C22H25NO5. The lowest BCUT2D eigenvalue weighted by atomic mass is 10.1. The molecule has 0 bridgehead atoms. The van der Waals surface area contributed by atoms with Crippen molar-refractivity contribution in [3.63, 3.8) is 0 Å². The topological polar surface area (TPSA) is 73.9 Å². The van der Waals surface area contributed by atoms with Crippen molar-refractivity contribution < 1.29 is 23.8 Å². The van der Waals surface area contributed by atoms with E-state index in [2.05, 4.69) is 5.32 Å². The zero-order chi connectivity index (χ0) is 20.4. The van der Waals surface area contributed by atoms with Crippen LogP contribution in [0.15, 0.2) is 48.5 Å². The van der Waals surface area contributed by atoms with Crippen molar-refractivity contribution in [1.82, 2.24) is 0 Å². The summed E-state index contributed by atoms with van der Waals surface area (Å²) in [6.45, 7) is 2.42. The minimum Gasteiger partial charge on any atom is -0.493 e. The average molecular weight is 383 g/mol. The second-order valence-corrected chi connectivity index (χ2v) is 6.01. The number of anilines is 1. The van der Waals surface area contributed by atoms with Gasteiger partial charge in [0.25, 0.3) is 0 Å². The molecule has 0 atom stereocenters. The maximum atomic E-state index is 12.2. The van der Waals surface area contributed by atoms with E-state index in [0.717, 1.165) is 18.4 Å². The molecule has 6 nitrogen and oxygen atoms in total. The number of unbranched alkanes of at least 4 members (excludes halogenated alkanes) is 1. The third-order valence-corrected chi connectivity index (χ3v) is 3.93. The van der Waals surface area contributed by atoms with E-state index in [1.165, 1.54) is 6.08 Å². The largest absolute Gasteiger partial charge is 0.493 e. The van der Waals surface area contributed by atoms with E-state index in [0.29, 0.717) is 29.4 Å². The van der Waals surface area contributed by atoms with Crippen LogP contribution in [0.1, 0.15) is 35.7 Å². The lowest BCUT2D eigenvalue weighted by Crippen LogP contribution is -2.10. The Morgan fingerprint density at radius 3 is 2.54 bits per heavy atom. The highest BCUT2D eigenvalue weighted by Gasteiger charge is 2.08. The number of benzene rings is 2. The number of nitrogens with one attached hydrogen (secondary N) is 1. The lowest BCUT2D eigenvalue weighted by Gasteiger charge is -2.08. The highest BCUT2D eigenvalue weighted by molar-refractivity contribution is 6.02. The SMILES string of the molecule is CCCCOC(=O)c1cccc(NC(=O)/C=C/c2ccc(OC)c(OC)c2)c1. The molecule has 0 aliphatic carbocycles. The van der Waals surface area contributed by atoms with Crippen molar-refractivity contribution >= 4 is 23.6 Å². The van der Waals surface area contributed by atoms with E-state index in [1.54, 1.807) is 56.7 Å². The molecule has 2 aromatic rings.